The fraction of sp³-hybridized carbons (Fsp3) is 0.714. The van der Waals surface area contributed by atoms with E-state index in [0.29, 0.717) is 0 Å². The summed E-state index contributed by atoms with van der Waals surface area (Å²) in [5.41, 5.74) is 0. The average Bonchev–Trinajstić information content (AvgIpc) is 2.22. The van der Waals surface area contributed by atoms with Crippen LogP contribution >= 0.6 is 0 Å². The normalized spacial score (nSPS) is 21.7. The Balaban J connectivity index is 2.17. The van der Waals surface area contributed by atoms with Crippen LogP contribution in [0, 0.1) is 6.08 Å². The Bertz CT molecular complexity index is 147. The van der Waals surface area contributed by atoms with Crippen molar-refractivity contribution in [2.75, 3.05) is 0 Å². The SMILES string of the molecule is [C]1=CCC=CCCCCCCCCC1. The van der Waals surface area contributed by atoms with Crippen molar-refractivity contribution in [2.45, 2.75) is 64.2 Å². The molecule has 0 atom stereocenters. The Morgan fingerprint density at radius 1 is 0.714 bits per heavy atom. The minimum Gasteiger partial charge on any atom is -0.0882 e. The highest BCUT2D eigenvalue weighted by Gasteiger charge is 1.91. The summed E-state index contributed by atoms with van der Waals surface area (Å²) in [6.45, 7) is 0. The van der Waals surface area contributed by atoms with Gasteiger partial charge in [0.15, 0.2) is 0 Å². The molecule has 0 bridgehead atoms. The van der Waals surface area contributed by atoms with Crippen molar-refractivity contribution in [3.8, 4) is 0 Å². The van der Waals surface area contributed by atoms with Crippen molar-refractivity contribution in [3.05, 3.63) is 24.3 Å². The van der Waals surface area contributed by atoms with E-state index >= 15 is 0 Å². The predicted octanol–water partition coefficient (Wildman–Crippen LogP) is 4.82. The first-order valence-electron chi connectivity index (χ1n) is 6.20. The van der Waals surface area contributed by atoms with Crippen LogP contribution in [0.2, 0.25) is 0 Å². The lowest BCUT2D eigenvalue weighted by atomic mass is 10.1. The molecule has 0 nitrogen and oxygen atoms in total. The van der Waals surface area contributed by atoms with Crippen LogP contribution in [-0.4, -0.2) is 0 Å². The molecule has 0 N–H and O–H groups in total. The number of hydrogen-bond donors (Lipinski definition) is 0. The van der Waals surface area contributed by atoms with Crippen molar-refractivity contribution < 1.29 is 0 Å². The number of rotatable bonds is 0. The van der Waals surface area contributed by atoms with Gasteiger partial charge in [0.2, 0.25) is 0 Å². The third-order valence-corrected chi connectivity index (χ3v) is 2.76. The molecule has 14 heavy (non-hydrogen) atoms. The van der Waals surface area contributed by atoms with Crippen LogP contribution in [0.5, 0.6) is 0 Å². The molecule has 0 amide bonds. The zero-order chi connectivity index (χ0) is 9.90. The van der Waals surface area contributed by atoms with E-state index in [0.717, 1.165) is 12.8 Å². The van der Waals surface area contributed by atoms with E-state index in [1.165, 1.54) is 51.4 Å². The van der Waals surface area contributed by atoms with Crippen LogP contribution in [0.25, 0.3) is 0 Å². The summed E-state index contributed by atoms with van der Waals surface area (Å²) < 4.78 is 0. The molecular weight excluding hydrogens is 168 g/mol. The van der Waals surface area contributed by atoms with Crippen LogP contribution in [0.3, 0.4) is 0 Å². The zero-order valence-corrected chi connectivity index (χ0v) is 9.30. The lowest BCUT2D eigenvalue weighted by molar-refractivity contribution is 0.581. The summed E-state index contributed by atoms with van der Waals surface area (Å²) in [5, 5.41) is 0. The Kier molecular flexibility index (Phi) is 7.47. The number of hydrogen-bond acceptors (Lipinski definition) is 0. The van der Waals surface area contributed by atoms with Gasteiger partial charge >= 0.3 is 0 Å². The molecule has 0 saturated carbocycles. The van der Waals surface area contributed by atoms with Crippen LogP contribution in [-0.2, 0) is 0 Å². The molecule has 1 rings (SSSR count). The molecule has 0 aromatic heterocycles. The molecule has 0 aromatic rings. The smallest absolute Gasteiger partial charge is 0.0163 e. The molecule has 0 saturated heterocycles. The topological polar surface area (TPSA) is 0 Å². The zero-order valence-electron chi connectivity index (χ0n) is 9.30. The van der Waals surface area contributed by atoms with Crippen molar-refractivity contribution in [1.82, 2.24) is 0 Å². The van der Waals surface area contributed by atoms with Gasteiger partial charge in [-0.25, -0.2) is 0 Å². The predicted molar refractivity (Wildman–Crippen MR) is 63.1 cm³/mol. The van der Waals surface area contributed by atoms with Crippen LogP contribution in [0.15, 0.2) is 18.2 Å². The van der Waals surface area contributed by atoms with Gasteiger partial charge in [0.05, 0.1) is 0 Å². The van der Waals surface area contributed by atoms with Crippen molar-refractivity contribution >= 4 is 0 Å². The Labute approximate surface area is 89.1 Å². The van der Waals surface area contributed by atoms with Gasteiger partial charge in [0, 0.05) is 0 Å². The van der Waals surface area contributed by atoms with Crippen molar-refractivity contribution in [3.63, 3.8) is 0 Å². The van der Waals surface area contributed by atoms with E-state index < -0.39 is 0 Å². The second-order valence-corrected chi connectivity index (χ2v) is 4.13. The van der Waals surface area contributed by atoms with E-state index in [1.807, 2.05) is 0 Å². The molecule has 1 radical (unpaired) electrons. The van der Waals surface area contributed by atoms with Crippen molar-refractivity contribution in [1.29, 1.82) is 0 Å². The summed E-state index contributed by atoms with van der Waals surface area (Å²) in [6.07, 6.45) is 23.5. The molecule has 0 fully saturated rings. The highest BCUT2D eigenvalue weighted by Crippen LogP contribution is 2.10. The maximum atomic E-state index is 3.36. The van der Waals surface area contributed by atoms with Gasteiger partial charge in [-0.15, -0.1) is 0 Å². The van der Waals surface area contributed by atoms with Gasteiger partial charge in [-0.2, -0.15) is 0 Å². The van der Waals surface area contributed by atoms with Crippen molar-refractivity contribution in [2.24, 2.45) is 0 Å². The van der Waals surface area contributed by atoms with E-state index in [-0.39, 0.29) is 0 Å². The lowest BCUT2D eigenvalue weighted by Gasteiger charge is -2.00. The maximum absolute atomic E-state index is 3.36. The highest BCUT2D eigenvalue weighted by molar-refractivity contribution is 4.89. The summed E-state index contributed by atoms with van der Waals surface area (Å²) in [7, 11) is 0. The van der Waals surface area contributed by atoms with E-state index in [9.17, 15) is 0 Å². The first kappa shape index (κ1) is 11.6. The standard InChI is InChI=1S/C14H23/c1-2-4-6-8-10-12-14-13-11-9-7-5-3-1/h1-2,5H,3-4,6,8-14H2. The highest BCUT2D eigenvalue weighted by atomic mass is 14.0. The fourth-order valence-corrected chi connectivity index (χ4v) is 1.84. The summed E-state index contributed by atoms with van der Waals surface area (Å²) >= 11 is 0. The van der Waals surface area contributed by atoms with Crippen LogP contribution in [0.4, 0.5) is 0 Å². The fourth-order valence-electron chi connectivity index (χ4n) is 1.84. The van der Waals surface area contributed by atoms with Gasteiger partial charge in [0.1, 0.15) is 0 Å². The van der Waals surface area contributed by atoms with Gasteiger partial charge < -0.3 is 0 Å². The summed E-state index contributed by atoms with van der Waals surface area (Å²) in [6, 6.07) is 0. The van der Waals surface area contributed by atoms with Crippen LogP contribution < -0.4 is 0 Å². The quantitative estimate of drug-likeness (QED) is 0.482. The van der Waals surface area contributed by atoms with Gasteiger partial charge in [-0.05, 0) is 38.2 Å². The third kappa shape index (κ3) is 6.94. The average molecular weight is 191 g/mol. The van der Waals surface area contributed by atoms with Gasteiger partial charge in [0.25, 0.3) is 0 Å². The maximum Gasteiger partial charge on any atom is -0.0163 e. The molecule has 0 heteroatoms. The minimum absolute atomic E-state index is 1.08. The second-order valence-electron chi connectivity index (χ2n) is 4.13. The molecule has 79 valence electrons. The minimum atomic E-state index is 1.08. The van der Waals surface area contributed by atoms with E-state index in [4.69, 9.17) is 0 Å². The Hall–Kier alpha value is -0.520. The molecule has 0 aliphatic heterocycles. The molecular formula is C14H23. The first-order valence-corrected chi connectivity index (χ1v) is 6.20. The second kappa shape index (κ2) is 9.05. The van der Waals surface area contributed by atoms with Gasteiger partial charge in [-0.3, -0.25) is 0 Å². The molecule has 0 unspecified atom stereocenters. The summed E-state index contributed by atoms with van der Waals surface area (Å²) in [4.78, 5) is 0. The molecule has 1 aliphatic carbocycles. The Morgan fingerprint density at radius 2 is 1.43 bits per heavy atom. The monoisotopic (exact) mass is 191 g/mol. The molecule has 0 aromatic carbocycles. The molecule has 1 aliphatic rings. The van der Waals surface area contributed by atoms with Crippen LogP contribution in [0.1, 0.15) is 64.2 Å². The first-order chi connectivity index (χ1) is 7.00. The third-order valence-electron chi connectivity index (χ3n) is 2.76. The lowest BCUT2D eigenvalue weighted by Crippen LogP contribution is -1.81. The van der Waals surface area contributed by atoms with E-state index in [1.54, 1.807) is 0 Å². The molecule has 0 spiro atoms. The summed E-state index contributed by atoms with van der Waals surface area (Å²) in [5.74, 6) is 0. The van der Waals surface area contributed by atoms with Gasteiger partial charge in [-0.1, -0.05) is 50.3 Å². The Morgan fingerprint density at radius 3 is 2.29 bits per heavy atom. The molecule has 0 heterocycles. The number of allylic oxidation sites excluding steroid dienone is 4. The largest absolute Gasteiger partial charge is 0.0882 e. The van der Waals surface area contributed by atoms with E-state index in [2.05, 4.69) is 24.3 Å².